The molecule has 1 saturated heterocycles. The topological polar surface area (TPSA) is 32.3 Å². The van der Waals surface area contributed by atoms with Gasteiger partial charge in [0.15, 0.2) is 0 Å². The molecule has 2 nitrogen and oxygen atoms in total. The largest absolute Gasteiger partial charge is 0.391 e. The van der Waals surface area contributed by atoms with E-state index in [1.54, 1.807) is 0 Å². The highest BCUT2D eigenvalue weighted by atomic mass is 16.3. The van der Waals surface area contributed by atoms with E-state index in [4.69, 9.17) is 0 Å². The zero-order valence-electron chi connectivity index (χ0n) is 5.72. The second-order valence-electron chi connectivity index (χ2n) is 2.68. The number of β-amino-alcohol motifs (C(OH)–C–C–N with tert-alkyl or cyclic N) is 1. The number of hydrogen-bond donors (Lipinski definition) is 2. The van der Waals surface area contributed by atoms with Crippen molar-refractivity contribution in [3.8, 4) is 0 Å². The van der Waals surface area contributed by atoms with Gasteiger partial charge in [-0.25, -0.2) is 0 Å². The molecule has 9 heavy (non-hydrogen) atoms. The summed E-state index contributed by atoms with van der Waals surface area (Å²) in [5, 5.41) is 12.3. The Morgan fingerprint density at radius 2 is 2.33 bits per heavy atom. The fourth-order valence-electron chi connectivity index (χ4n) is 1.17. The van der Waals surface area contributed by atoms with Crippen molar-refractivity contribution in [1.82, 2.24) is 5.32 Å². The van der Waals surface area contributed by atoms with Gasteiger partial charge in [-0.2, -0.15) is 0 Å². The fourth-order valence-corrected chi connectivity index (χ4v) is 1.17. The predicted molar refractivity (Wildman–Crippen MR) is 37.2 cm³/mol. The molecule has 1 rings (SSSR count). The van der Waals surface area contributed by atoms with E-state index in [0.29, 0.717) is 0 Å². The lowest BCUT2D eigenvalue weighted by molar-refractivity contribution is 0.163. The van der Waals surface area contributed by atoms with E-state index in [1.165, 1.54) is 0 Å². The SMILES string of the molecule is C=C(C)[C@H]1CNC[C@@H]1O. The number of rotatable bonds is 1. The van der Waals surface area contributed by atoms with Crippen LogP contribution in [0.15, 0.2) is 12.2 Å². The maximum atomic E-state index is 9.24. The maximum Gasteiger partial charge on any atom is 0.0741 e. The van der Waals surface area contributed by atoms with Crippen molar-refractivity contribution in [3.63, 3.8) is 0 Å². The van der Waals surface area contributed by atoms with E-state index in [1.807, 2.05) is 6.92 Å². The summed E-state index contributed by atoms with van der Waals surface area (Å²) in [5.74, 6) is 0.282. The third-order valence-electron chi connectivity index (χ3n) is 1.82. The molecular formula is C7H13NO. The Balaban J connectivity index is 2.49. The lowest BCUT2D eigenvalue weighted by Gasteiger charge is -2.11. The lowest BCUT2D eigenvalue weighted by Crippen LogP contribution is -2.18. The summed E-state index contributed by atoms with van der Waals surface area (Å²) >= 11 is 0. The Labute approximate surface area is 55.6 Å². The highest BCUT2D eigenvalue weighted by Gasteiger charge is 2.24. The van der Waals surface area contributed by atoms with Gasteiger partial charge in [0, 0.05) is 19.0 Å². The van der Waals surface area contributed by atoms with Crippen LogP contribution < -0.4 is 5.32 Å². The van der Waals surface area contributed by atoms with E-state index in [0.717, 1.165) is 18.7 Å². The first-order chi connectivity index (χ1) is 4.22. The van der Waals surface area contributed by atoms with E-state index in [-0.39, 0.29) is 12.0 Å². The summed E-state index contributed by atoms with van der Waals surface area (Å²) in [6, 6.07) is 0. The molecule has 0 amide bonds. The third-order valence-corrected chi connectivity index (χ3v) is 1.82. The molecule has 2 heteroatoms. The summed E-state index contributed by atoms with van der Waals surface area (Å²) in [7, 11) is 0. The Bertz CT molecular complexity index is 122. The minimum Gasteiger partial charge on any atom is -0.391 e. The number of nitrogens with one attached hydrogen (secondary N) is 1. The van der Waals surface area contributed by atoms with Gasteiger partial charge < -0.3 is 10.4 Å². The first kappa shape index (κ1) is 6.78. The summed E-state index contributed by atoms with van der Waals surface area (Å²) < 4.78 is 0. The first-order valence-corrected chi connectivity index (χ1v) is 3.26. The van der Waals surface area contributed by atoms with Gasteiger partial charge in [0.05, 0.1) is 6.10 Å². The monoisotopic (exact) mass is 127 g/mol. The van der Waals surface area contributed by atoms with Gasteiger partial charge in [0.1, 0.15) is 0 Å². The van der Waals surface area contributed by atoms with Crippen molar-refractivity contribution in [2.45, 2.75) is 13.0 Å². The van der Waals surface area contributed by atoms with Gasteiger partial charge in [-0.3, -0.25) is 0 Å². The van der Waals surface area contributed by atoms with Crippen LogP contribution >= 0.6 is 0 Å². The van der Waals surface area contributed by atoms with Crippen molar-refractivity contribution < 1.29 is 5.11 Å². The number of aliphatic hydroxyl groups excluding tert-OH is 1. The van der Waals surface area contributed by atoms with Gasteiger partial charge in [-0.05, 0) is 6.92 Å². The van der Waals surface area contributed by atoms with Gasteiger partial charge >= 0.3 is 0 Å². The van der Waals surface area contributed by atoms with Crippen molar-refractivity contribution >= 4 is 0 Å². The Morgan fingerprint density at radius 1 is 1.67 bits per heavy atom. The van der Waals surface area contributed by atoms with E-state index < -0.39 is 0 Å². The minimum absolute atomic E-state index is 0.206. The highest BCUT2D eigenvalue weighted by molar-refractivity contribution is 5.03. The first-order valence-electron chi connectivity index (χ1n) is 3.26. The summed E-state index contributed by atoms with van der Waals surface area (Å²) in [6.07, 6.45) is -0.206. The molecule has 52 valence electrons. The maximum absolute atomic E-state index is 9.24. The average Bonchev–Trinajstić information content (AvgIpc) is 2.13. The zero-order valence-corrected chi connectivity index (χ0v) is 5.72. The molecule has 2 N–H and O–H groups in total. The van der Waals surface area contributed by atoms with Crippen LogP contribution in [0.5, 0.6) is 0 Å². The van der Waals surface area contributed by atoms with Crippen molar-refractivity contribution in [1.29, 1.82) is 0 Å². The Morgan fingerprint density at radius 3 is 2.56 bits per heavy atom. The quantitative estimate of drug-likeness (QED) is 0.491. The van der Waals surface area contributed by atoms with Gasteiger partial charge in [-0.1, -0.05) is 12.2 Å². The van der Waals surface area contributed by atoms with Crippen LogP contribution in [0.1, 0.15) is 6.92 Å². The number of aliphatic hydroxyl groups is 1. The average molecular weight is 127 g/mol. The molecule has 1 heterocycles. The predicted octanol–water partition coefficient (Wildman–Crippen LogP) is 0.143. The standard InChI is InChI=1S/C7H13NO/c1-5(2)6-3-8-4-7(6)9/h6-9H,1,3-4H2,2H3/t6-,7+/m1/s1. The second kappa shape index (κ2) is 2.50. The second-order valence-corrected chi connectivity index (χ2v) is 2.68. The van der Waals surface area contributed by atoms with E-state index in [2.05, 4.69) is 11.9 Å². The Kier molecular flexibility index (Phi) is 1.88. The van der Waals surface area contributed by atoms with Crippen LogP contribution in [0, 0.1) is 5.92 Å². The minimum atomic E-state index is -0.206. The van der Waals surface area contributed by atoms with Crippen molar-refractivity contribution in [2.24, 2.45) is 5.92 Å². The van der Waals surface area contributed by atoms with Crippen LogP contribution in [-0.4, -0.2) is 24.3 Å². The molecule has 1 aliphatic heterocycles. The highest BCUT2D eigenvalue weighted by Crippen LogP contribution is 2.15. The zero-order chi connectivity index (χ0) is 6.85. The third kappa shape index (κ3) is 1.32. The molecule has 0 aliphatic carbocycles. The van der Waals surface area contributed by atoms with Gasteiger partial charge in [-0.15, -0.1) is 0 Å². The molecule has 0 aromatic rings. The fraction of sp³-hybridized carbons (Fsp3) is 0.714. The van der Waals surface area contributed by atoms with Crippen LogP contribution in [0.2, 0.25) is 0 Å². The lowest BCUT2D eigenvalue weighted by atomic mass is 9.99. The molecule has 0 unspecified atom stereocenters. The van der Waals surface area contributed by atoms with Crippen LogP contribution in [-0.2, 0) is 0 Å². The molecule has 0 spiro atoms. The Hall–Kier alpha value is -0.340. The molecule has 0 saturated carbocycles. The molecule has 0 aromatic carbocycles. The molecule has 0 aromatic heterocycles. The van der Waals surface area contributed by atoms with E-state index in [9.17, 15) is 5.11 Å². The van der Waals surface area contributed by atoms with E-state index >= 15 is 0 Å². The normalized spacial score (nSPS) is 34.9. The van der Waals surface area contributed by atoms with Crippen LogP contribution in [0.4, 0.5) is 0 Å². The molecule has 1 fully saturated rings. The van der Waals surface area contributed by atoms with Crippen LogP contribution in [0.25, 0.3) is 0 Å². The summed E-state index contributed by atoms with van der Waals surface area (Å²) in [4.78, 5) is 0. The molecule has 1 aliphatic rings. The van der Waals surface area contributed by atoms with Crippen molar-refractivity contribution in [3.05, 3.63) is 12.2 Å². The molecule has 0 radical (unpaired) electrons. The number of hydrogen-bond acceptors (Lipinski definition) is 2. The smallest absolute Gasteiger partial charge is 0.0741 e. The summed E-state index contributed by atoms with van der Waals surface area (Å²) in [5.41, 5.74) is 1.08. The molecule has 2 atom stereocenters. The van der Waals surface area contributed by atoms with Crippen molar-refractivity contribution in [2.75, 3.05) is 13.1 Å². The van der Waals surface area contributed by atoms with Gasteiger partial charge in [0.25, 0.3) is 0 Å². The molecule has 0 bridgehead atoms. The van der Waals surface area contributed by atoms with Crippen LogP contribution in [0.3, 0.4) is 0 Å². The van der Waals surface area contributed by atoms with Gasteiger partial charge in [0.2, 0.25) is 0 Å². The summed E-state index contributed by atoms with van der Waals surface area (Å²) in [6.45, 7) is 7.35. The molecular weight excluding hydrogens is 114 g/mol.